The molecule has 0 spiro atoms. The summed E-state index contributed by atoms with van der Waals surface area (Å²) in [7, 11) is 0. The standard InChI is InChI=1S/C16H14BrN3O2/c1-2-19-15(21)14(18-16(19)22)10-13-4-3-9-20(13)12-7-5-11(17)6-8-12/h3-10H,2H2,1H3,(H,18,22)/b14-10+. The predicted octanol–water partition coefficient (Wildman–Crippen LogP) is 3.15. The molecule has 0 atom stereocenters. The number of halogens is 1. The highest BCUT2D eigenvalue weighted by molar-refractivity contribution is 9.10. The van der Waals surface area contributed by atoms with Crippen LogP contribution in [0.2, 0.25) is 0 Å². The molecular weight excluding hydrogens is 346 g/mol. The summed E-state index contributed by atoms with van der Waals surface area (Å²) < 4.78 is 2.95. The van der Waals surface area contributed by atoms with E-state index in [1.165, 1.54) is 4.90 Å². The maximum atomic E-state index is 12.1. The zero-order chi connectivity index (χ0) is 15.7. The molecule has 5 nitrogen and oxygen atoms in total. The minimum Gasteiger partial charge on any atom is -0.317 e. The summed E-state index contributed by atoms with van der Waals surface area (Å²) in [6, 6.07) is 11.3. The van der Waals surface area contributed by atoms with Gasteiger partial charge >= 0.3 is 6.03 Å². The van der Waals surface area contributed by atoms with Gasteiger partial charge in [0.1, 0.15) is 5.70 Å². The van der Waals surface area contributed by atoms with Gasteiger partial charge in [-0.3, -0.25) is 9.69 Å². The number of carbonyl (C=O) groups is 2. The third kappa shape index (κ3) is 2.57. The number of imide groups is 1. The minimum absolute atomic E-state index is 0.295. The second-order valence-corrected chi connectivity index (χ2v) is 5.73. The van der Waals surface area contributed by atoms with Crippen LogP contribution >= 0.6 is 15.9 Å². The van der Waals surface area contributed by atoms with Gasteiger partial charge in [0.05, 0.1) is 0 Å². The lowest BCUT2D eigenvalue weighted by Crippen LogP contribution is -2.30. The monoisotopic (exact) mass is 359 g/mol. The predicted molar refractivity (Wildman–Crippen MR) is 87.4 cm³/mol. The van der Waals surface area contributed by atoms with E-state index in [0.29, 0.717) is 12.2 Å². The Kier molecular flexibility index (Phi) is 3.85. The van der Waals surface area contributed by atoms with Gasteiger partial charge in [0.15, 0.2) is 0 Å². The fourth-order valence-corrected chi connectivity index (χ4v) is 2.62. The van der Waals surface area contributed by atoms with Crippen LogP contribution in [0, 0.1) is 0 Å². The van der Waals surface area contributed by atoms with Crippen LogP contribution in [-0.2, 0) is 4.79 Å². The highest BCUT2D eigenvalue weighted by Gasteiger charge is 2.32. The van der Waals surface area contributed by atoms with Crippen LogP contribution in [0.25, 0.3) is 11.8 Å². The van der Waals surface area contributed by atoms with E-state index in [0.717, 1.165) is 15.9 Å². The lowest BCUT2D eigenvalue weighted by molar-refractivity contribution is -0.122. The van der Waals surface area contributed by atoms with E-state index in [1.807, 2.05) is 47.2 Å². The van der Waals surface area contributed by atoms with Crippen molar-refractivity contribution in [2.45, 2.75) is 6.92 Å². The van der Waals surface area contributed by atoms with E-state index in [2.05, 4.69) is 21.2 Å². The maximum absolute atomic E-state index is 12.1. The van der Waals surface area contributed by atoms with Crippen molar-refractivity contribution in [1.29, 1.82) is 0 Å². The molecular formula is C16H14BrN3O2. The fraction of sp³-hybridized carbons (Fsp3) is 0.125. The van der Waals surface area contributed by atoms with Crippen LogP contribution in [0.4, 0.5) is 4.79 Å². The van der Waals surface area contributed by atoms with E-state index in [4.69, 9.17) is 0 Å². The lowest BCUT2D eigenvalue weighted by Gasteiger charge is -2.07. The third-order valence-corrected chi connectivity index (χ3v) is 3.98. The molecule has 0 bridgehead atoms. The summed E-state index contributed by atoms with van der Waals surface area (Å²) in [6.45, 7) is 2.13. The second-order valence-electron chi connectivity index (χ2n) is 4.82. The van der Waals surface area contributed by atoms with Crippen LogP contribution in [0.15, 0.2) is 52.8 Å². The first-order chi connectivity index (χ1) is 10.6. The van der Waals surface area contributed by atoms with Gasteiger partial charge in [-0.05, 0) is 49.4 Å². The lowest BCUT2D eigenvalue weighted by atomic mass is 10.3. The summed E-state index contributed by atoms with van der Waals surface area (Å²) in [5.41, 5.74) is 2.09. The molecule has 112 valence electrons. The van der Waals surface area contributed by atoms with E-state index < -0.39 is 0 Å². The van der Waals surface area contributed by atoms with Gasteiger partial charge in [-0.1, -0.05) is 15.9 Å². The van der Waals surface area contributed by atoms with Gasteiger partial charge in [0, 0.05) is 28.6 Å². The van der Waals surface area contributed by atoms with E-state index in [9.17, 15) is 9.59 Å². The van der Waals surface area contributed by atoms with Crippen molar-refractivity contribution in [3.05, 3.63) is 58.5 Å². The summed E-state index contributed by atoms with van der Waals surface area (Å²) in [5, 5.41) is 2.61. The van der Waals surface area contributed by atoms with E-state index in [1.54, 1.807) is 13.0 Å². The number of amides is 3. The van der Waals surface area contributed by atoms with Crippen molar-refractivity contribution in [2.75, 3.05) is 6.54 Å². The van der Waals surface area contributed by atoms with Crippen LogP contribution < -0.4 is 5.32 Å². The minimum atomic E-state index is -0.375. The molecule has 1 saturated heterocycles. The number of aromatic nitrogens is 1. The van der Waals surface area contributed by atoms with Crippen LogP contribution in [0.3, 0.4) is 0 Å². The topological polar surface area (TPSA) is 54.3 Å². The van der Waals surface area contributed by atoms with E-state index in [-0.39, 0.29) is 11.9 Å². The fourth-order valence-electron chi connectivity index (χ4n) is 2.36. The molecule has 2 aromatic rings. The molecule has 3 rings (SSSR count). The normalized spacial score (nSPS) is 16.5. The third-order valence-electron chi connectivity index (χ3n) is 3.46. The Bertz CT molecular complexity index is 762. The maximum Gasteiger partial charge on any atom is 0.328 e. The molecule has 1 aromatic carbocycles. The molecule has 1 aromatic heterocycles. The first kappa shape index (κ1) is 14.6. The zero-order valence-electron chi connectivity index (χ0n) is 11.9. The molecule has 0 aliphatic carbocycles. The second kappa shape index (κ2) is 5.81. The van der Waals surface area contributed by atoms with Crippen molar-refractivity contribution in [2.24, 2.45) is 0 Å². The SMILES string of the molecule is CCN1C(=O)N/C(=C/c2cccn2-c2ccc(Br)cc2)C1=O. The molecule has 0 radical (unpaired) electrons. The Morgan fingerprint density at radius 2 is 1.91 bits per heavy atom. The Morgan fingerprint density at radius 1 is 1.18 bits per heavy atom. The largest absolute Gasteiger partial charge is 0.328 e. The van der Waals surface area contributed by atoms with Crippen LogP contribution in [-0.4, -0.2) is 28.0 Å². The molecule has 1 aliphatic heterocycles. The average Bonchev–Trinajstić information content (AvgIpc) is 3.06. The molecule has 22 heavy (non-hydrogen) atoms. The van der Waals surface area contributed by atoms with Gasteiger partial charge in [0.25, 0.3) is 5.91 Å². The van der Waals surface area contributed by atoms with Crippen molar-refractivity contribution in [3.63, 3.8) is 0 Å². The number of nitrogens with one attached hydrogen (secondary N) is 1. The van der Waals surface area contributed by atoms with Gasteiger partial charge < -0.3 is 9.88 Å². The first-order valence-electron chi connectivity index (χ1n) is 6.88. The van der Waals surface area contributed by atoms with E-state index >= 15 is 0 Å². The van der Waals surface area contributed by atoms with Crippen LogP contribution in [0.5, 0.6) is 0 Å². The van der Waals surface area contributed by atoms with Gasteiger partial charge in [0.2, 0.25) is 0 Å². The zero-order valence-corrected chi connectivity index (χ0v) is 13.5. The molecule has 0 unspecified atom stereocenters. The van der Waals surface area contributed by atoms with Gasteiger partial charge in [-0.15, -0.1) is 0 Å². The Hall–Kier alpha value is -2.34. The number of carbonyl (C=O) groups excluding carboxylic acids is 2. The first-order valence-corrected chi connectivity index (χ1v) is 7.67. The summed E-state index contributed by atoms with van der Waals surface area (Å²) >= 11 is 3.41. The quantitative estimate of drug-likeness (QED) is 0.675. The number of benzene rings is 1. The molecule has 6 heteroatoms. The van der Waals surface area contributed by atoms with Gasteiger partial charge in [-0.25, -0.2) is 4.79 Å². The number of hydrogen-bond acceptors (Lipinski definition) is 2. The van der Waals surface area contributed by atoms with Crippen molar-refractivity contribution < 1.29 is 9.59 Å². The van der Waals surface area contributed by atoms with Crippen LogP contribution in [0.1, 0.15) is 12.6 Å². The molecule has 3 amide bonds. The molecule has 1 aliphatic rings. The number of likely N-dealkylation sites (N-methyl/N-ethyl adjacent to an activating group) is 1. The Balaban J connectivity index is 1.96. The number of urea groups is 1. The summed E-state index contributed by atoms with van der Waals surface area (Å²) in [5.74, 6) is -0.295. The number of rotatable bonds is 3. The highest BCUT2D eigenvalue weighted by atomic mass is 79.9. The van der Waals surface area contributed by atoms with Crippen molar-refractivity contribution in [3.8, 4) is 5.69 Å². The Labute approximate surface area is 136 Å². The Morgan fingerprint density at radius 3 is 2.55 bits per heavy atom. The van der Waals surface area contributed by atoms with Crippen molar-refractivity contribution >= 4 is 33.9 Å². The van der Waals surface area contributed by atoms with Gasteiger partial charge in [-0.2, -0.15) is 0 Å². The number of hydrogen-bond donors (Lipinski definition) is 1. The smallest absolute Gasteiger partial charge is 0.317 e. The highest BCUT2D eigenvalue weighted by Crippen LogP contribution is 2.19. The average molecular weight is 360 g/mol. The molecule has 0 saturated carbocycles. The molecule has 2 heterocycles. The summed E-state index contributed by atoms with van der Waals surface area (Å²) in [4.78, 5) is 25.0. The molecule has 1 fully saturated rings. The molecule has 1 N–H and O–H groups in total. The number of nitrogens with zero attached hydrogens (tertiary/aromatic N) is 2. The summed E-state index contributed by atoms with van der Waals surface area (Å²) in [6.07, 6.45) is 3.60. The van der Waals surface area contributed by atoms with Crippen molar-refractivity contribution in [1.82, 2.24) is 14.8 Å².